The number of carbonyl (C=O) groups is 1. The molecule has 7 nitrogen and oxygen atoms in total. The molecular formula is C13H13N3O4. The Labute approximate surface area is 114 Å². The zero-order valence-electron chi connectivity index (χ0n) is 11.0. The van der Waals surface area contributed by atoms with Gasteiger partial charge in [-0.2, -0.15) is 0 Å². The van der Waals surface area contributed by atoms with Crippen molar-refractivity contribution in [1.82, 2.24) is 9.38 Å². The normalized spacial score (nSPS) is 11.8. The Balaban J connectivity index is 2.59. The van der Waals surface area contributed by atoms with Gasteiger partial charge >= 0.3 is 5.97 Å². The van der Waals surface area contributed by atoms with Crippen LogP contribution < -0.4 is 0 Å². The first-order valence-electron chi connectivity index (χ1n) is 6.01. The molecule has 0 fully saturated rings. The van der Waals surface area contributed by atoms with E-state index in [9.17, 15) is 14.9 Å². The Kier molecular flexibility index (Phi) is 3.51. The minimum Gasteiger partial charge on any atom is -0.478 e. The van der Waals surface area contributed by atoms with E-state index in [2.05, 4.69) is 4.98 Å². The number of fused-ring (bicyclic) bond motifs is 1. The molecule has 2 aromatic rings. The average Bonchev–Trinajstić information content (AvgIpc) is 2.71. The van der Waals surface area contributed by atoms with Crippen LogP contribution in [0.15, 0.2) is 23.9 Å². The van der Waals surface area contributed by atoms with E-state index in [-0.39, 0.29) is 11.3 Å². The van der Waals surface area contributed by atoms with E-state index >= 15 is 0 Å². The highest BCUT2D eigenvalue weighted by atomic mass is 16.6. The van der Waals surface area contributed by atoms with Gasteiger partial charge in [0.15, 0.2) is 0 Å². The minimum absolute atomic E-state index is 0.0394. The van der Waals surface area contributed by atoms with Crippen molar-refractivity contribution in [3.05, 3.63) is 45.4 Å². The number of nitrogens with zero attached hydrogens (tertiary/aromatic N) is 3. The van der Waals surface area contributed by atoms with Gasteiger partial charge in [0.1, 0.15) is 5.65 Å². The predicted molar refractivity (Wildman–Crippen MR) is 72.5 cm³/mol. The maximum Gasteiger partial charge on any atom is 0.331 e. The zero-order valence-corrected chi connectivity index (χ0v) is 11.0. The number of pyridine rings is 1. The third-order valence-corrected chi connectivity index (χ3v) is 3.06. The molecule has 20 heavy (non-hydrogen) atoms. The molecule has 0 aliphatic heterocycles. The van der Waals surface area contributed by atoms with E-state index in [1.807, 2.05) is 0 Å². The summed E-state index contributed by atoms with van der Waals surface area (Å²) in [5.74, 6) is -0.991. The summed E-state index contributed by atoms with van der Waals surface area (Å²) in [5, 5.41) is 19.8. The van der Waals surface area contributed by atoms with Gasteiger partial charge in [0.25, 0.3) is 5.69 Å². The molecule has 2 aromatic heterocycles. The van der Waals surface area contributed by atoms with Gasteiger partial charge in [-0.05, 0) is 25.5 Å². The number of aliphatic carboxylic acids is 1. The number of aromatic nitrogens is 2. The molecule has 0 bridgehead atoms. The highest BCUT2D eigenvalue weighted by molar-refractivity contribution is 5.92. The van der Waals surface area contributed by atoms with Crippen LogP contribution in [0, 0.1) is 17.0 Å². The molecule has 0 spiro atoms. The summed E-state index contributed by atoms with van der Waals surface area (Å²) in [4.78, 5) is 25.6. The summed E-state index contributed by atoms with van der Waals surface area (Å²) < 4.78 is 1.58. The molecule has 0 saturated carbocycles. The second-order valence-corrected chi connectivity index (χ2v) is 4.28. The Morgan fingerprint density at radius 1 is 1.55 bits per heavy atom. The topological polar surface area (TPSA) is 97.7 Å². The minimum atomic E-state index is -0.991. The summed E-state index contributed by atoms with van der Waals surface area (Å²) in [7, 11) is 0. The molecule has 0 aliphatic carbocycles. The van der Waals surface area contributed by atoms with Gasteiger partial charge in [0.2, 0.25) is 0 Å². The summed E-state index contributed by atoms with van der Waals surface area (Å²) in [5.41, 5.74) is 1.91. The molecule has 2 rings (SSSR count). The molecule has 1 N–H and O–H groups in total. The molecule has 104 valence electrons. The zero-order chi connectivity index (χ0) is 14.9. The smallest absolute Gasteiger partial charge is 0.331 e. The predicted octanol–water partition coefficient (Wildman–Crippen LogP) is 2.43. The third kappa shape index (κ3) is 2.37. The monoisotopic (exact) mass is 275 g/mol. The molecule has 0 unspecified atom stereocenters. The van der Waals surface area contributed by atoms with Crippen LogP contribution in [0.1, 0.15) is 24.7 Å². The maximum absolute atomic E-state index is 11.0. The molecule has 2 heterocycles. The van der Waals surface area contributed by atoms with Crippen LogP contribution in [0.25, 0.3) is 11.7 Å². The van der Waals surface area contributed by atoms with Crippen LogP contribution in [-0.4, -0.2) is 25.4 Å². The lowest BCUT2D eigenvalue weighted by Gasteiger charge is -1.98. The maximum atomic E-state index is 11.0. The standard InChI is InChI=1S/C13H13N3O4/c1-3-9(13(17)18)6-11-8(2)15-7-10(16(19)20)4-5-12(15)14-11/h4-7H,3H2,1-2H3,(H,17,18). The molecule has 0 saturated heterocycles. The number of carboxylic acid groups (broad SMARTS) is 1. The van der Waals surface area contributed by atoms with E-state index in [1.54, 1.807) is 18.2 Å². The van der Waals surface area contributed by atoms with Crippen molar-refractivity contribution < 1.29 is 14.8 Å². The lowest BCUT2D eigenvalue weighted by atomic mass is 10.1. The van der Waals surface area contributed by atoms with Crippen molar-refractivity contribution in [3.8, 4) is 0 Å². The molecule has 0 radical (unpaired) electrons. The number of aryl methyl sites for hydroxylation is 1. The van der Waals surface area contributed by atoms with Crippen LogP contribution in [0.3, 0.4) is 0 Å². The molecule has 0 aromatic carbocycles. The van der Waals surface area contributed by atoms with Gasteiger partial charge in [-0.15, -0.1) is 0 Å². The van der Waals surface area contributed by atoms with Crippen LogP contribution in [0.5, 0.6) is 0 Å². The van der Waals surface area contributed by atoms with Gasteiger partial charge < -0.3 is 5.11 Å². The second kappa shape index (κ2) is 5.12. The highest BCUT2D eigenvalue weighted by Crippen LogP contribution is 2.19. The van der Waals surface area contributed by atoms with Crippen molar-refractivity contribution in [2.75, 3.05) is 0 Å². The molecule has 0 atom stereocenters. The van der Waals surface area contributed by atoms with Gasteiger partial charge in [-0.1, -0.05) is 6.92 Å². The van der Waals surface area contributed by atoms with Crippen LogP contribution in [-0.2, 0) is 4.79 Å². The second-order valence-electron chi connectivity index (χ2n) is 4.28. The summed E-state index contributed by atoms with van der Waals surface area (Å²) in [6.45, 7) is 3.49. The summed E-state index contributed by atoms with van der Waals surface area (Å²) in [6.07, 6.45) is 3.25. The fourth-order valence-corrected chi connectivity index (χ4v) is 1.89. The number of hydrogen-bond donors (Lipinski definition) is 1. The van der Waals surface area contributed by atoms with Crippen molar-refractivity contribution in [2.24, 2.45) is 0 Å². The van der Waals surface area contributed by atoms with Gasteiger partial charge in [-0.3, -0.25) is 14.5 Å². The van der Waals surface area contributed by atoms with Crippen molar-refractivity contribution in [3.63, 3.8) is 0 Å². The SMILES string of the molecule is CCC(=Cc1nc2ccc([N+](=O)[O-])cn2c1C)C(=O)O. The van der Waals surface area contributed by atoms with Crippen molar-refractivity contribution in [1.29, 1.82) is 0 Å². The number of hydrogen-bond acceptors (Lipinski definition) is 4. The lowest BCUT2D eigenvalue weighted by Crippen LogP contribution is -1.99. The van der Waals surface area contributed by atoms with E-state index < -0.39 is 10.9 Å². The van der Waals surface area contributed by atoms with Crippen LogP contribution in [0.4, 0.5) is 5.69 Å². The quantitative estimate of drug-likeness (QED) is 0.525. The van der Waals surface area contributed by atoms with E-state index in [0.29, 0.717) is 23.5 Å². The Morgan fingerprint density at radius 3 is 2.80 bits per heavy atom. The first-order valence-corrected chi connectivity index (χ1v) is 6.01. The number of carboxylic acids is 1. The largest absolute Gasteiger partial charge is 0.478 e. The van der Waals surface area contributed by atoms with E-state index in [0.717, 1.165) is 0 Å². The summed E-state index contributed by atoms with van der Waals surface area (Å²) >= 11 is 0. The Bertz CT molecular complexity index is 731. The highest BCUT2D eigenvalue weighted by Gasteiger charge is 2.13. The molecule has 0 amide bonds. The van der Waals surface area contributed by atoms with Crippen LogP contribution in [0.2, 0.25) is 0 Å². The first kappa shape index (κ1) is 13.7. The Morgan fingerprint density at radius 2 is 2.25 bits per heavy atom. The average molecular weight is 275 g/mol. The first-order chi connectivity index (χ1) is 9.43. The Hall–Kier alpha value is -2.70. The van der Waals surface area contributed by atoms with Crippen molar-refractivity contribution in [2.45, 2.75) is 20.3 Å². The van der Waals surface area contributed by atoms with Gasteiger partial charge in [-0.25, -0.2) is 9.78 Å². The lowest BCUT2D eigenvalue weighted by molar-refractivity contribution is -0.385. The summed E-state index contributed by atoms with van der Waals surface area (Å²) in [6, 6.07) is 2.90. The van der Waals surface area contributed by atoms with Gasteiger partial charge in [0.05, 0.1) is 16.8 Å². The number of rotatable bonds is 4. The van der Waals surface area contributed by atoms with Gasteiger partial charge in [0, 0.05) is 17.3 Å². The fourth-order valence-electron chi connectivity index (χ4n) is 1.89. The number of imidazole rings is 1. The van der Waals surface area contributed by atoms with E-state index in [1.165, 1.54) is 24.4 Å². The third-order valence-electron chi connectivity index (χ3n) is 3.06. The van der Waals surface area contributed by atoms with Crippen molar-refractivity contribution >= 4 is 23.4 Å². The fraction of sp³-hybridized carbons (Fsp3) is 0.231. The molecule has 0 aliphatic rings. The molecular weight excluding hydrogens is 262 g/mol. The van der Waals surface area contributed by atoms with Crippen LogP contribution >= 0.6 is 0 Å². The number of nitro groups is 1. The van der Waals surface area contributed by atoms with E-state index in [4.69, 9.17) is 5.11 Å². The molecule has 7 heteroatoms.